The number of rotatable bonds is 8. The summed E-state index contributed by atoms with van der Waals surface area (Å²) in [5, 5.41) is 9.16. The molecule has 1 N–H and O–H groups in total. The van der Waals surface area contributed by atoms with E-state index in [9.17, 15) is 4.79 Å². The van der Waals surface area contributed by atoms with E-state index in [4.69, 9.17) is 21.4 Å². The zero-order valence-electron chi connectivity index (χ0n) is 10.4. The second kappa shape index (κ2) is 7.95. The number of carbonyl (C=O) groups is 1. The number of carboxylic acid groups (broad SMARTS) is 1. The maximum atomic E-state index is 10.4. The molecule has 0 fully saturated rings. The molecule has 0 bridgehead atoms. The zero-order valence-corrected chi connectivity index (χ0v) is 11.2. The van der Waals surface area contributed by atoms with Crippen LogP contribution in [0, 0.1) is 0 Å². The minimum Gasteiger partial charge on any atom is -0.492 e. The molecule has 0 atom stereocenters. The van der Waals surface area contributed by atoms with Crippen molar-refractivity contribution in [3.63, 3.8) is 0 Å². The van der Waals surface area contributed by atoms with E-state index in [1.54, 1.807) is 6.07 Å². The number of hydrogen-bond acceptors (Lipinski definition) is 3. The summed E-state index contributed by atoms with van der Waals surface area (Å²) >= 11 is 5.95. The number of nitrogens with zero attached hydrogens (tertiary/aromatic N) is 1. The van der Waals surface area contributed by atoms with Crippen molar-refractivity contribution in [2.24, 2.45) is 0 Å². The second-order valence-electron chi connectivity index (χ2n) is 4.08. The monoisotopic (exact) mass is 271 g/mol. The summed E-state index contributed by atoms with van der Waals surface area (Å²) in [7, 11) is 1.90. The van der Waals surface area contributed by atoms with Crippen LogP contribution in [0.15, 0.2) is 24.3 Å². The Morgan fingerprint density at radius 1 is 1.39 bits per heavy atom. The van der Waals surface area contributed by atoms with Gasteiger partial charge in [-0.15, -0.1) is 0 Å². The van der Waals surface area contributed by atoms with E-state index in [1.807, 2.05) is 30.1 Å². The Hall–Kier alpha value is -1.26. The van der Waals surface area contributed by atoms with E-state index in [2.05, 4.69) is 0 Å². The molecule has 1 aromatic rings. The third kappa shape index (κ3) is 5.89. The van der Waals surface area contributed by atoms with Gasteiger partial charge >= 0.3 is 5.97 Å². The van der Waals surface area contributed by atoms with Crippen LogP contribution in [0.25, 0.3) is 0 Å². The predicted molar refractivity (Wildman–Crippen MR) is 71.3 cm³/mol. The third-order valence-electron chi connectivity index (χ3n) is 2.49. The van der Waals surface area contributed by atoms with Crippen molar-refractivity contribution in [3.05, 3.63) is 29.3 Å². The van der Waals surface area contributed by atoms with Gasteiger partial charge in [0.1, 0.15) is 5.75 Å². The average Bonchev–Trinajstić information content (AvgIpc) is 2.34. The van der Waals surface area contributed by atoms with Gasteiger partial charge in [-0.1, -0.05) is 23.7 Å². The highest BCUT2D eigenvalue weighted by molar-refractivity contribution is 6.32. The normalized spacial score (nSPS) is 10.6. The smallest absolute Gasteiger partial charge is 0.304 e. The van der Waals surface area contributed by atoms with Gasteiger partial charge in [-0.05, 0) is 25.6 Å². The molecule has 5 heteroatoms. The van der Waals surface area contributed by atoms with Crippen LogP contribution < -0.4 is 4.74 Å². The van der Waals surface area contributed by atoms with Crippen molar-refractivity contribution >= 4 is 17.6 Å². The Morgan fingerprint density at radius 2 is 2.11 bits per heavy atom. The van der Waals surface area contributed by atoms with Crippen molar-refractivity contribution in [2.45, 2.75) is 12.8 Å². The first-order valence-electron chi connectivity index (χ1n) is 5.87. The zero-order chi connectivity index (χ0) is 13.4. The molecule has 0 aromatic heterocycles. The molecule has 0 radical (unpaired) electrons. The van der Waals surface area contributed by atoms with Crippen LogP contribution >= 0.6 is 11.6 Å². The van der Waals surface area contributed by atoms with Crippen LogP contribution in [0.5, 0.6) is 5.75 Å². The molecular formula is C13H18ClNO3. The second-order valence-corrected chi connectivity index (χ2v) is 4.49. The molecule has 0 spiro atoms. The number of para-hydroxylation sites is 1. The van der Waals surface area contributed by atoms with Crippen LogP contribution in [0.3, 0.4) is 0 Å². The lowest BCUT2D eigenvalue weighted by molar-refractivity contribution is -0.137. The highest BCUT2D eigenvalue weighted by atomic mass is 35.5. The predicted octanol–water partition coefficient (Wildman–Crippen LogP) is 2.52. The van der Waals surface area contributed by atoms with Gasteiger partial charge in [0.15, 0.2) is 0 Å². The quantitative estimate of drug-likeness (QED) is 0.738. The molecular weight excluding hydrogens is 254 g/mol. The molecule has 1 rings (SSSR count). The minimum atomic E-state index is -0.769. The summed E-state index contributed by atoms with van der Waals surface area (Å²) < 4.78 is 5.54. The molecule has 0 saturated carbocycles. The molecule has 4 nitrogen and oxygen atoms in total. The van der Waals surface area contributed by atoms with Gasteiger partial charge in [-0.25, -0.2) is 0 Å². The molecule has 0 heterocycles. The van der Waals surface area contributed by atoms with Gasteiger partial charge in [-0.3, -0.25) is 4.79 Å². The number of halogens is 1. The van der Waals surface area contributed by atoms with E-state index >= 15 is 0 Å². The lowest BCUT2D eigenvalue weighted by Gasteiger charge is -2.15. The van der Waals surface area contributed by atoms with Crippen LogP contribution in [-0.2, 0) is 4.79 Å². The Bertz CT molecular complexity index is 384. The molecule has 0 aliphatic heterocycles. The SMILES string of the molecule is CN(CCCOc1ccccc1Cl)CCC(=O)O. The molecule has 0 amide bonds. The van der Waals surface area contributed by atoms with E-state index in [0.717, 1.165) is 13.0 Å². The lowest BCUT2D eigenvalue weighted by atomic mass is 10.3. The summed E-state index contributed by atoms with van der Waals surface area (Å²) in [6.07, 6.45) is 1.00. The van der Waals surface area contributed by atoms with E-state index in [1.165, 1.54) is 0 Å². The largest absolute Gasteiger partial charge is 0.492 e. The highest BCUT2D eigenvalue weighted by Crippen LogP contribution is 2.22. The summed E-state index contributed by atoms with van der Waals surface area (Å²) in [6.45, 7) is 1.93. The van der Waals surface area contributed by atoms with E-state index in [0.29, 0.717) is 23.9 Å². The number of ether oxygens (including phenoxy) is 1. The van der Waals surface area contributed by atoms with Crippen LogP contribution in [-0.4, -0.2) is 42.7 Å². The Morgan fingerprint density at radius 3 is 2.78 bits per heavy atom. The van der Waals surface area contributed by atoms with Crippen LogP contribution in [0.1, 0.15) is 12.8 Å². The molecule has 1 aromatic carbocycles. The Kier molecular flexibility index (Phi) is 6.54. The van der Waals surface area contributed by atoms with Gasteiger partial charge in [-0.2, -0.15) is 0 Å². The van der Waals surface area contributed by atoms with Crippen molar-refractivity contribution in [1.29, 1.82) is 0 Å². The first-order chi connectivity index (χ1) is 8.59. The molecule has 100 valence electrons. The fourth-order valence-corrected chi connectivity index (χ4v) is 1.67. The standard InChI is InChI=1S/C13H18ClNO3/c1-15(9-7-13(16)17)8-4-10-18-12-6-3-2-5-11(12)14/h2-3,5-6H,4,7-10H2,1H3,(H,16,17). The number of aliphatic carboxylic acids is 1. The van der Waals surface area contributed by atoms with Crippen molar-refractivity contribution < 1.29 is 14.6 Å². The molecule has 0 aliphatic carbocycles. The van der Waals surface area contributed by atoms with E-state index in [-0.39, 0.29) is 6.42 Å². The minimum absolute atomic E-state index is 0.169. The van der Waals surface area contributed by atoms with Gasteiger partial charge in [0, 0.05) is 13.1 Å². The van der Waals surface area contributed by atoms with Gasteiger partial charge in [0.2, 0.25) is 0 Å². The molecule has 0 aliphatic rings. The Labute approximate surface area is 112 Å². The van der Waals surface area contributed by atoms with Gasteiger partial charge in [0.05, 0.1) is 18.1 Å². The van der Waals surface area contributed by atoms with Crippen molar-refractivity contribution in [2.75, 3.05) is 26.7 Å². The fraction of sp³-hybridized carbons (Fsp3) is 0.462. The summed E-state index contributed by atoms with van der Waals surface area (Å²) in [6, 6.07) is 7.35. The lowest BCUT2D eigenvalue weighted by Crippen LogP contribution is -2.24. The summed E-state index contributed by atoms with van der Waals surface area (Å²) in [5.41, 5.74) is 0. The van der Waals surface area contributed by atoms with Gasteiger partial charge < -0.3 is 14.7 Å². The Balaban J connectivity index is 2.15. The maximum Gasteiger partial charge on any atom is 0.304 e. The van der Waals surface area contributed by atoms with Crippen molar-refractivity contribution in [1.82, 2.24) is 4.90 Å². The number of hydrogen-bond donors (Lipinski definition) is 1. The summed E-state index contributed by atoms with van der Waals surface area (Å²) in [4.78, 5) is 12.4. The molecule has 18 heavy (non-hydrogen) atoms. The number of carboxylic acids is 1. The van der Waals surface area contributed by atoms with Crippen LogP contribution in [0.4, 0.5) is 0 Å². The van der Waals surface area contributed by atoms with Crippen molar-refractivity contribution in [3.8, 4) is 5.75 Å². The van der Waals surface area contributed by atoms with E-state index < -0.39 is 5.97 Å². The molecule has 0 unspecified atom stereocenters. The number of benzene rings is 1. The maximum absolute atomic E-state index is 10.4. The topological polar surface area (TPSA) is 49.8 Å². The fourth-order valence-electron chi connectivity index (χ4n) is 1.48. The first kappa shape index (κ1) is 14.8. The van der Waals surface area contributed by atoms with Crippen LogP contribution in [0.2, 0.25) is 5.02 Å². The first-order valence-corrected chi connectivity index (χ1v) is 6.25. The average molecular weight is 272 g/mol. The third-order valence-corrected chi connectivity index (χ3v) is 2.80. The molecule has 0 saturated heterocycles. The van der Waals surface area contributed by atoms with Gasteiger partial charge in [0.25, 0.3) is 0 Å². The summed E-state index contributed by atoms with van der Waals surface area (Å²) in [5.74, 6) is -0.0819. The highest BCUT2D eigenvalue weighted by Gasteiger charge is 2.03.